The number of nitrogens with one attached hydrogen (secondary N) is 2. The number of aryl methyl sites for hydroxylation is 1. The summed E-state index contributed by atoms with van der Waals surface area (Å²) < 4.78 is 54.7. The molecule has 0 aliphatic carbocycles. The van der Waals surface area contributed by atoms with Gasteiger partial charge in [-0.05, 0) is 61.2 Å². The molecule has 0 bridgehead atoms. The Hall–Kier alpha value is -1.77. The summed E-state index contributed by atoms with van der Waals surface area (Å²) in [5.41, 5.74) is 1.24. The molecule has 0 amide bonds. The van der Waals surface area contributed by atoms with Crippen molar-refractivity contribution in [2.24, 2.45) is 5.92 Å². The normalized spacial score (nSPS) is 12.2. The van der Waals surface area contributed by atoms with E-state index in [1.165, 1.54) is 12.1 Å². The van der Waals surface area contributed by atoms with Crippen molar-refractivity contribution in [1.29, 1.82) is 0 Å². The minimum atomic E-state index is -3.87. The number of anilines is 2. The number of hydrogen-bond acceptors (Lipinski definition) is 4. The molecule has 6 nitrogen and oxygen atoms in total. The average molecular weight is 431 g/mol. The molecule has 0 heterocycles. The topological polar surface area (TPSA) is 92.3 Å². The molecule has 2 N–H and O–H groups in total. The van der Waals surface area contributed by atoms with E-state index in [4.69, 9.17) is 11.6 Å². The number of hydrogen-bond donors (Lipinski definition) is 2. The standard InChI is InChI=1S/C18H23ClN2O4S2/c1-13(2)10-11-26(22,23)21-18-12-17(9-4-14(18)3)27(24,25)20-16-7-5-15(19)6-8-16/h4-9,12-13,20-21H,10-11H2,1-3H3. The van der Waals surface area contributed by atoms with Crippen LogP contribution in [-0.2, 0) is 20.0 Å². The fourth-order valence-electron chi connectivity index (χ4n) is 2.22. The molecule has 27 heavy (non-hydrogen) atoms. The fourth-order valence-corrected chi connectivity index (χ4v) is 4.87. The van der Waals surface area contributed by atoms with Crippen molar-refractivity contribution < 1.29 is 16.8 Å². The van der Waals surface area contributed by atoms with Crippen LogP contribution in [0.15, 0.2) is 47.4 Å². The zero-order valence-electron chi connectivity index (χ0n) is 15.4. The molecule has 2 rings (SSSR count). The van der Waals surface area contributed by atoms with Gasteiger partial charge in [0.05, 0.1) is 16.3 Å². The van der Waals surface area contributed by atoms with Crippen LogP contribution in [-0.4, -0.2) is 22.6 Å². The van der Waals surface area contributed by atoms with Crippen LogP contribution in [0.25, 0.3) is 0 Å². The Balaban J connectivity index is 2.26. The summed E-state index contributed by atoms with van der Waals surface area (Å²) in [5.74, 6) is 0.224. The Kier molecular flexibility index (Phi) is 6.77. The quantitative estimate of drug-likeness (QED) is 0.655. The van der Waals surface area contributed by atoms with Gasteiger partial charge in [0.25, 0.3) is 10.0 Å². The van der Waals surface area contributed by atoms with Gasteiger partial charge in [-0.2, -0.15) is 0 Å². The number of halogens is 1. The molecule has 0 saturated carbocycles. The summed E-state index contributed by atoms with van der Waals surface area (Å²) in [4.78, 5) is -0.0374. The van der Waals surface area contributed by atoms with E-state index in [-0.39, 0.29) is 22.3 Å². The second-order valence-electron chi connectivity index (χ2n) is 6.69. The van der Waals surface area contributed by atoms with E-state index in [2.05, 4.69) is 9.44 Å². The van der Waals surface area contributed by atoms with Crippen molar-refractivity contribution in [3.63, 3.8) is 0 Å². The van der Waals surface area contributed by atoms with Gasteiger partial charge in [0.1, 0.15) is 0 Å². The summed E-state index contributed by atoms with van der Waals surface area (Å²) in [5, 5.41) is 0.492. The monoisotopic (exact) mass is 430 g/mol. The highest BCUT2D eigenvalue weighted by atomic mass is 35.5. The van der Waals surface area contributed by atoms with E-state index >= 15 is 0 Å². The molecular weight excluding hydrogens is 408 g/mol. The van der Waals surface area contributed by atoms with Crippen LogP contribution < -0.4 is 9.44 Å². The maximum atomic E-state index is 12.6. The fraction of sp³-hybridized carbons (Fsp3) is 0.333. The predicted octanol–water partition coefficient (Wildman–Crippen LogP) is 4.24. The summed E-state index contributed by atoms with van der Waals surface area (Å²) >= 11 is 5.80. The molecule has 0 radical (unpaired) electrons. The van der Waals surface area contributed by atoms with Crippen LogP contribution >= 0.6 is 11.6 Å². The summed E-state index contributed by atoms with van der Waals surface area (Å²) in [7, 11) is -7.43. The Morgan fingerprint density at radius 2 is 1.59 bits per heavy atom. The smallest absolute Gasteiger partial charge is 0.261 e. The van der Waals surface area contributed by atoms with Gasteiger partial charge in [-0.1, -0.05) is 31.5 Å². The Bertz CT molecular complexity index is 1000. The maximum Gasteiger partial charge on any atom is 0.261 e. The number of sulfonamides is 2. The third-order valence-electron chi connectivity index (χ3n) is 3.85. The molecule has 0 spiro atoms. The minimum Gasteiger partial charge on any atom is -0.283 e. The average Bonchev–Trinajstić information content (AvgIpc) is 2.57. The van der Waals surface area contributed by atoms with Crippen molar-refractivity contribution in [2.75, 3.05) is 15.2 Å². The van der Waals surface area contributed by atoms with Crippen molar-refractivity contribution in [1.82, 2.24) is 0 Å². The molecule has 9 heteroatoms. The van der Waals surface area contributed by atoms with Gasteiger partial charge >= 0.3 is 0 Å². The SMILES string of the molecule is Cc1ccc(S(=O)(=O)Nc2ccc(Cl)cc2)cc1NS(=O)(=O)CCC(C)C. The van der Waals surface area contributed by atoms with E-state index < -0.39 is 20.0 Å². The van der Waals surface area contributed by atoms with Crippen LogP contribution in [0.4, 0.5) is 11.4 Å². The summed E-state index contributed by atoms with van der Waals surface area (Å²) in [6.45, 7) is 5.59. The third kappa shape index (κ3) is 6.41. The van der Waals surface area contributed by atoms with E-state index in [1.54, 1.807) is 37.3 Å². The van der Waals surface area contributed by atoms with Crippen LogP contribution in [0.3, 0.4) is 0 Å². The summed E-state index contributed by atoms with van der Waals surface area (Å²) in [6, 6.07) is 10.6. The lowest BCUT2D eigenvalue weighted by molar-refractivity contribution is 0.577. The molecule has 2 aromatic carbocycles. The first-order chi connectivity index (χ1) is 12.5. The van der Waals surface area contributed by atoms with Gasteiger partial charge in [-0.3, -0.25) is 9.44 Å². The van der Waals surface area contributed by atoms with E-state index in [0.717, 1.165) is 0 Å². The van der Waals surface area contributed by atoms with Gasteiger partial charge in [-0.15, -0.1) is 0 Å². The van der Waals surface area contributed by atoms with Gasteiger partial charge in [0.15, 0.2) is 0 Å². The van der Waals surface area contributed by atoms with Crippen LogP contribution in [0.1, 0.15) is 25.8 Å². The Labute approximate surface area is 166 Å². The maximum absolute atomic E-state index is 12.6. The second-order valence-corrected chi connectivity index (χ2v) is 10.7. The van der Waals surface area contributed by atoms with Gasteiger partial charge in [-0.25, -0.2) is 16.8 Å². The van der Waals surface area contributed by atoms with Crippen LogP contribution in [0.5, 0.6) is 0 Å². The first-order valence-electron chi connectivity index (χ1n) is 8.38. The largest absolute Gasteiger partial charge is 0.283 e. The molecule has 0 atom stereocenters. The van der Waals surface area contributed by atoms with Crippen LogP contribution in [0.2, 0.25) is 5.02 Å². The first kappa shape index (κ1) is 21.5. The molecule has 0 aliphatic heterocycles. The molecule has 0 fully saturated rings. The molecule has 0 saturated heterocycles. The van der Waals surface area contributed by atoms with Crippen molar-refractivity contribution in [2.45, 2.75) is 32.1 Å². The highest BCUT2D eigenvalue weighted by Crippen LogP contribution is 2.24. The van der Waals surface area contributed by atoms with Crippen molar-refractivity contribution in [3.8, 4) is 0 Å². The second kappa shape index (κ2) is 8.50. The Morgan fingerprint density at radius 1 is 0.963 bits per heavy atom. The molecule has 2 aromatic rings. The van der Waals surface area contributed by atoms with Crippen molar-refractivity contribution >= 4 is 43.0 Å². The lowest BCUT2D eigenvalue weighted by Crippen LogP contribution is -2.19. The van der Waals surface area contributed by atoms with Gasteiger partial charge in [0.2, 0.25) is 10.0 Å². The number of rotatable bonds is 8. The van der Waals surface area contributed by atoms with Crippen LogP contribution in [0, 0.1) is 12.8 Å². The van der Waals surface area contributed by atoms with E-state index in [1.807, 2.05) is 13.8 Å². The highest BCUT2D eigenvalue weighted by molar-refractivity contribution is 7.93. The molecule has 0 unspecified atom stereocenters. The van der Waals surface area contributed by atoms with E-state index in [9.17, 15) is 16.8 Å². The van der Waals surface area contributed by atoms with Crippen molar-refractivity contribution in [3.05, 3.63) is 53.1 Å². The molecule has 148 valence electrons. The van der Waals surface area contributed by atoms with E-state index in [0.29, 0.717) is 22.7 Å². The predicted molar refractivity (Wildman–Crippen MR) is 110 cm³/mol. The first-order valence-corrected chi connectivity index (χ1v) is 11.9. The zero-order chi connectivity index (χ0) is 20.2. The minimum absolute atomic E-state index is 0.0237. The molecule has 0 aromatic heterocycles. The number of benzene rings is 2. The Morgan fingerprint density at radius 3 is 2.19 bits per heavy atom. The highest BCUT2D eigenvalue weighted by Gasteiger charge is 2.18. The van der Waals surface area contributed by atoms with Gasteiger partial charge in [0, 0.05) is 10.7 Å². The zero-order valence-corrected chi connectivity index (χ0v) is 17.7. The van der Waals surface area contributed by atoms with Gasteiger partial charge < -0.3 is 0 Å². The molecular formula is C18H23ClN2O4S2. The molecule has 0 aliphatic rings. The lowest BCUT2D eigenvalue weighted by Gasteiger charge is -2.14. The summed E-state index contributed by atoms with van der Waals surface area (Å²) in [6.07, 6.45) is 0.518. The third-order valence-corrected chi connectivity index (χ3v) is 6.78. The lowest BCUT2D eigenvalue weighted by atomic mass is 10.2.